The van der Waals surface area contributed by atoms with E-state index >= 15 is 0 Å². The van der Waals surface area contributed by atoms with Crippen LogP contribution in [0.25, 0.3) is 0 Å². The van der Waals surface area contributed by atoms with Crippen molar-refractivity contribution in [2.45, 2.75) is 79.1 Å². The Morgan fingerprint density at radius 1 is 0.524 bits per heavy atom. The SMILES string of the molecule is C=C(CCC)[P+](C(=C)CCC)(C(=C)CCC)C(=C)CCC. The number of rotatable bonds is 12. The molecular formula is C20H36P+. The van der Waals surface area contributed by atoms with Crippen LogP contribution in [0.2, 0.25) is 0 Å². The van der Waals surface area contributed by atoms with Crippen LogP contribution >= 0.6 is 7.26 Å². The molecule has 0 bridgehead atoms. The quantitative estimate of drug-likeness (QED) is 0.318. The zero-order valence-electron chi connectivity index (χ0n) is 14.9. The zero-order valence-corrected chi connectivity index (χ0v) is 15.8. The van der Waals surface area contributed by atoms with Gasteiger partial charge in [-0.25, -0.2) is 0 Å². The first-order valence-corrected chi connectivity index (χ1v) is 10.3. The highest BCUT2D eigenvalue weighted by atomic mass is 31.2. The minimum absolute atomic E-state index is 1.07. The number of hydrogen-bond acceptors (Lipinski definition) is 0. The number of allylic oxidation sites excluding steroid dienone is 4. The van der Waals surface area contributed by atoms with Gasteiger partial charge in [-0.2, -0.15) is 0 Å². The molecule has 0 radical (unpaired) electrons. The average molecular weight is 307 g/mol. The molecule has 0 amide bonds. The summed E-state index contributed by atoms with van der Waals surface area (Å²) in [6.45, 7) is 26.9. The van der Waals surface area contributed by atoms with Crippen molar-refractivity contribution in [2.24, 2.45) is 0 Å². The van der Waals surface area contributed by atoms with E-state index in [1.165, 1.54) is 21.3 Å². The van der Waals surface area contributed by atoms with Gasteiger partial charge in [0.25, 0.3) is 0 Å². The van der Waals surface area contributed by atoms with Gasteiger partial charge in [0.1, 0.15) is 7.26 Å². The Bertz CT molecular complexity index is 309. The molecule has 0 aromatic carbocycles. The standard InChI is InChI=1S/C20H36P/c1-9-13-17(5)21(18(6)14-10-2,19(7)15-11-3)20(8)16-12-4/h5-16H2,1-4H3/q+1. The highest BCUT2D eigenvalue weighted by Gasteiger charge is 2.49. The monoisotopic (exact) mass is 307 g/mol. The second kappa shape index (κ2) is 10.2. The molecule has 0 heterocycles. The maximum atomic E-state index is 4.49. The molecule has 0 saturated heterocycles. The second-order valence-corrected chi connectivity index (χ2v) is 9.81. The summed E-state index contributed by atoms with van der Waals surface area (Å²) in [5.74, 6) is 0. The summed E-state index contributed by atoms with van der Waals surface area (Å²) in [6.07, 6.45) is 8.84. The largest absolute Gasteiger partial charge is 0.124 e. The molecule has 0 fully saturated rings. The fourth-order valence-electron chi connectivity index (χ4n) is 3.17. The van der Waals surface area contributed by atoms with E-state index in [0.717, 1.165) is 51.4 Å². The molecule has 0 nitrogen and oxygen atoms in total. The molecule has 0 unspecified atom stereocenters. The molecule has 0 N–H and O–H groups in total. The van der Waals surface area contributed by atoms with E-state index in [-0.39, 0.29) is 0 Å². The van der Waals surface area contributed by atoms with Gasteiger partial charge in [-0.05, 0) is 25.7 Å². The van der Waals surface area contributed by atoms with Crippen LogP contribution in [0.15, 0.2) is 47.6 Å². The Hall–Kier alpha value is -0.610. The Morgan fingerprint density at radius 3 is 0.857 bits per heavy atom. The van der Waals surface area contributed by atoms with Crippen molar-refractivity contribution in [2.75, 3.05) is 0 Å². The van der Waals surface area contributed by atoms with Crippen molar-refractivity contribution in [3.63, 3.8) is 0 Å². The lowest BCUT2D eigenvalue weighted by Crippen LogP contribution is -2.05. The lowest BCUT2D eigenvalue weighted by atomic mass is 10.3. The van der Waals surface area contributed by atoms with Crippen LogP contribution in [0.5, 0.6) is 0 Å². The number of hydrogen-bond donors (Lipinski definition) is 0. The molecule has 1 heteroatoms. The zero-order chi connectivity index (χ0) is 16.5. The van der Waals surface area contributed by atoms with Crippen molar-refractivity contribution in [1.29, 1.82) is 0 Å². The maximum Gasteiger partial charge on any atom is 0.124 e. The van der Waals surface area contributed by atoms with Crippen LogP contribution in [0, 0.1) is 0 Å². The van der Waals surface area contributed by atoms with E-state index in [9.17, 15) is 0 Å². The van der Waals surface area contributed by atoms with Crippen LogP contribution in [0.4, 0.5) is 0 Å². The van der Waals surface area contributed by atoms with Crippen LogP contribution in [-0.4, -0.2) is 0 Å². The van der Waals surface area contributed by atoms with Gasteiger partial charge in [0.2, 0.25) is 0 Å². The van der Waals surface area contributed by atoms with Gasteiger partial charge >= 0.3 is 0 Å². The maximum absolute atomic E-state index is 4.49. The molecule has 0 aromatic rings. The van der Waals surface area contributed by atoms with Gasteiger partial charge in [-0.3, -0.25) is 0 Å². The molecule has 0 aromatic heterocycles. The minimum Gasteiger partial charge on any atom is -0.0649 e. The first-order chi connectivity index (χ1) is 9.93. The molecular weight excluding hydrogens is 271 g/mol. The molecule has 0 rings (SSSR count). The van der Waals surface area contributed by atoms with E-state index in [1.807, 2.05) is 0 Å². The lowest BCUT2D eigenvalue weighted by Gasteiger charge is -2.33. The van der Waals surface area contributed by atoms with Gasteiger partial charge in [0, 0.05) is 25.7 Å². The predicted octanol–water partition coefficient (Wildman–Crippen LogP) is 8.26. The van der Waals surface area contributed by atoms with Crippen molar-refractivity contribution in [3.8, 4) is 0 Å². The summed E-state index contributed by atoms with van der Waals surface area (Å²) in [6, 6.07) is 0. The van der Waals surface area contributed by atoms with E-state index in [4.69, 9.17) is 0 Å². The second-order valence-electron chi connectivity index (χ2n) is 5.94. The average Bonchev–Trinajstić information content (AvgIpc) is 2.40. The highest BCUT2D eigenvalue weighted by molar-refractivity contribution is 7.90. The summed E-state index contributed by atoms with van der Waals surface area (Å²) in [7, 11) is -1.70. The molecule has 120 valence electrons. The van der Waals surface area contributed by atoms with Crippen LogP contribution in [-0.2, 0) is 0 Å². The van der Waals surface area contributed by atoms with E-state index < -0.39 is 7.26 Å². The van der Waals surface area contributed by atoms with Crippen molar-refractivity contribution in [1.82, 2.24) is 0 Å². The Morgan fingerprint density at radius 2 is 0.714 bits per heavy atom. The third-order valence-electron chi connectivity index (χ3n) is 4.05. The van der Waals surface area contributed by atoms with Crippen LogP contribution < -0.4 is 0 Å². The normalized spacial score (nSPS) is 11.2. The summed E-state index contributed by atoms with van der Waals surface area (Å²) in [4.78, 5) is 0. The fraction of sp³-hybridized carbons (Fsp3) is 0.600. The third kappa shape index (κ3) is 4.68. The van der Waals surface area contributed by atoms with E-state index in [0.29, 0.717) is 0 Å². The predicted molar refractivity (Wildman–Crippen MR) is 103 cm³/mol. The molecule has 0 aliphatic heterocycles. The van der Waals surface area contributed by atoms with Crippen molar-refractivity contribution >= 4 is 7.26 Å². The molecule has 0 atom stereocenters. The first kappa shape index (κ1) is 20.4. The fourth-order valence-corrected chi connectivity index (χ4v) is 8.09. The Balaban J connectivity index is 5.93. The topological polar surface area (TPSA) is 0 Å². The lowest BCUT2D eigenvalue weighted by molar-refractivity contribution is 0.905. The Kier molecular flexibility index (Phi) is 9.88. The van der Waals surface area contributed by atoms with E-state index in [2.05, 4.69) is 54.0 Å². The summed E-state index contributed by atoms with van der Waals surface area (Å²) in [5.41, 5.74) is 0. The van der Waals surface area contributed by atoms with Gasteiger partial charge < -0.3 is 0 Å². The molecule has 0 aliphatic rings. The van der Waals surface area contributed by atoms with Crippen LogP contribution in [0.3, 0.4) is 0 Å². The first-order valence-electron chi connectivity index (χ1n) is 8.55. The Labute approximate surface area is 134 Å². The van der Waals surface area contributed by atoms with Gasteiger partial charge in [-0.15, -0.1) is 0 Å². The summed E-state index contributed by atoms with van der Waals surface area (Å²) in [5, 5.41) is 5.45. The molecule has 0 spiro atoms. The van der Waals surface area contributed by atoms with Crippen LogP contribution in [0.1, 0.15) is 79.1 Å². The molecule has 0 saturated carbocycles. The third-order valence-corrected chi connectivity index (χ3v) is 8.74. The summed E-state index contributed by atoms with van der Waals surface area (Å²) < 4.78 is 0. The van der Waals surface area contributed by atoms with Gasteiger partial charge in [0.15, 0.2) is 0 Å². The van der Waals surface area contributed by atoms with Gasteiger partial charge in [-0.1, -0.05) is 54.0 Å². The molecule has 21 heavy (non-hydrogen) atoms. The van der Waals surface area contributed by atoms with Crippen molar-refractivity contribution in [3.05, 3.63) is 47.6 Å². The van der Waals surface area contributed by atoms with Gasteiger partial charge in [0.05, 0.1) is 21.3 Å². The van der Waals surface area contributed by atoms with E-state index in [1.54, 1.807) is 0 Å². The smallest absolute Gasteiger partial charge is 0.0649 e. The van der Waals surface area contributed by atoms with Crippen molar-refractivity contribution < 1.29 is 0 Å². The molecule has 0 aliphatic carbocycles. The highest BCUT2D eigenvalue weighted by Crippen LogP contribution is 2.83. The minimum atomic E-state index is -1.70. The summed E-state index contributed by atoms with van der Waals surface area (Å²) >= 11 is 0.